The quantitative estimate of drug-likeness (QED) is 0.0402. The van der Waals surface area contributed by atoms with Gasteiger partial charge in [-0.3, -0.25) is 0 Å². The van der Waals surface area contributed by atoms with Crippen molar-refractivity contribution in [2.45, 2.75) is 218 Å². The fourth-order valence-electron chi connectivity index (χ4n) is 12.3. The fourth-order valence-corrected chi connectivity index (χ4v) is 12.8. The molecule has 0 saturated carbocycles. The molecule has 0 amide bonds. The van der Waals surface area contributed by atoms with Crippen molar-refractivity contribution in [3.05, 3.63) is 128 Å². The lowest BCUT2D eigenvalue weighted by Gasteiger charge is -2.35. The summed E-state index contributed by atoms with van der Waals surface area (Å²) in [6, 6.07) is 39.1. The summed E-state index contributed by atoms with van der Waals surface area (Å²) in [5, 5.41) is 0. The Labute approximate surface area is 420 Å². The van der Waals surface area contributed by atoms with Gasteiger partial charge in [-0.1, -0.05) is 262 Å². The highest BCUT2D eigenvalue weighted by Gasteiger charge is 2.48. The summed E-state index contributed by atoms with van der Waals surface area (Å²) in [6.45, 7) is 9.38. The van der Waals surface area contributed by atoms with E-state index in [1.807, 2.05) is 0 Å². The maximum Gasteiger partial charge on any atom is 0.0215 e. The predicted molar refractivity (Wildman–Crippen MR) is 297 cm³/mol. The lowest BCUT2D eigenvalue weighted by atomic mass is 9.68. The second-order valence-corrected chi connectivity index (χ2v) is 22.5. The van der Waals surface area contributed by atoms with Crippen LogP contribution in [0, 0.1) is 0 Å². The van der Waals surface area contributed by atoms with Gasteiger partial charge in [0.15, 0.2) is 0 Å². The van der Waals surface area contributed by atoms with Crippen LogP contribution in [0.3, 0.4) is 0 Å². The Hall–Kier alpha value is -2.94. The van der Waals surface area contributed by atoms with Crippen LogP contribution in [-0.2, 0) is 10.8 Å². The zero-order chi connectivity index (χ0) is 46.2. The van der Waals surface area contributed by atoms with E-state index >= 15 is 0 Å². The van der Waals surface area contributed by atoms with Crippen LogP contribution in [-0.4, -0.2) is 0 Å². The van der Waals surface area contributed by atoms with Crippen LogP contribution in [0.1, 0.15) is 230 Å². The van der Waals surface area contributed by atoms with Crippen molar-refractivity contribution in [2.75, 3.05) is 0 Å². The van der Waals surface area contributed by atoms with Gasteiger partial charge in [-0.25, -0.2) is 0 Å². The average Bonchev–Trinajstić information content (AvgIpc) is 3.75. The molecule has 2 heteroatoms. The molecule has 2 aliphatic carbocycles. The second-order valence-electron chi connectivity index (χ2n) is 20.7. The lowest BCUT2D eigenvalue weighted by molar-refractivity contribution is 0.394. The molecule has 0 aromatic heterocycles. The largest absolute Gasteiger partial charge is 0.0654 e. The topological polar surface area (TPSA) is 0 Å². The van der Waals surface area contributed by atoms with E-state index in [0.717, 1.165) is 8.95 Å². The number of fused-ring (bicyclic) bond motifs is 6. The third-order valence-corrected chi connectivity index (χ3v) is 17.1. The smallest absolute Gasteiger partial charge is 0.0215 e. The average molecular weight is 1010 g/mol. The van der Waals surface area contributed by atoms with E-state index < -0.39 is 0 Å². The van der Waals surface area contributed by atoms with Gasteiger partial charge in [0.2, 0.25) is 0 Å². The van der Waals surface area contributed by atoms with Crippen LogP contribution < -0.4 is 0 Å². The Morgan fingerprint density at radius 1 is 0.273 bits per heavy atom. The predicted octanol–water partition coefficient (Wildman–Crippen LogP) is 22.1. The minimum atomic E-state index is 0.0158. The van der Waals surface area contributed by atoms with Crippen LogP contribution >= 0.6 is 31.9 Å². The normalized spacial score (nSPS) is 14.0. The molecule has 0 spiro atoms. The van der Waals surface area contributed by atoms with Crippen LogP contribution in [0.5, 0.6) is 0 Å². The highest BCUT2D eigenvalue weighted by molar-refractivity contribution is 9.10. The van der Waals surface area contributed by atoms with Gasteiger partial charge in [-0.2, -0.15) is 0 Å². The van der Waals surface area contributed by atoms with E-state index in [2.05, 4.69) is 157 Å². The molecule has 0 N–H and O–H groups in total. The standard InChI is InChI=1S/C64H84Br2/c1-5-9-13-17-21-25-41-63(42-26-22-18-14-10-6-2)59-45-51(49-29-35-53(65)36-30-49)33-39-55(59)57-48-62-58(47-61(57)63)56-40-34-52(50-31-37-54(66)38-32-50)46-60(56)64(62,43-27-23-19-15-11-7-3)44-28-24-20-16-12-8-4/h29-40,45-48H,5-28,41-44H2,1-4H3. The van der Waals surface area contributed by atoms with E-state index in [0.29, 0.717) is 0 Å². The van der Waals surface area contributed by atoms with Crippen LogP contribution in [0.4, 0.5) is 0 Å². The summed E-state index contributed by atoms with van der Waals surface area (Å²) < 4.78 is 2.29. The molecule has 0 fully saturated rings. The summed E-state index contributed by atoms with van der Waals surface area (Å²) in [5.74, 6) is 0. The Bertz CT molecular complexity index is 2050. The molecule has 0 bridgehead atoms. The number of unbranched alkanes of at least 4 members (excludes halogenated alkanes) is 20. The lowest BCUT2D eigenvalue weighted by Crippen LogP contribution is -2.27. The number of hydrogen-bond donors (Lipinski definition) is 0. The molecule has 5 aromatic carbocycles. The Kier molecular flexibility index (Phi) is 19.8. The summed E-state index contributed by atoms with van der Waals surface area (Å²) in [6.07, 6.45) is 37.1. The van der Waals surface area contributed by atoms with Crippen molar-refractivity contribution < 1.29 is 0 Å². The highest BCUT2D eigenvalue weighted by Crippen LogP contribution is 2.61. The van der Waals surface area contributed by atoms with Crippen molar-refractivity contribution in [2.24, 2.45) is 0 Å². The number of halogens is 2. The van der Waals surface area contributed by atoms with E-state index in [1.54, 1.807) is 33.4 Å². The molecule has 0 radical (unpaired) electrons. The van der Waals surface area contributed by atoms with Crippen LogP contribution in [0.2, 0.25) is 0 Å². The van der Waals surface area contributed by atoms with Gasteiger partial charge in [-0.05, 0) is 141 Å². The maximum absolute atomic E-state index is 3.73. The monoisotopic (exact) mass is 1010 g/mol. The molecular formula is C64H84Br2. The minimum absolute atomic E-state index is 0.0158. The molecule has 354 valence electrons. The Morgan fingerprint density at radius 3 is 0.833 bits per heavy atom. The molecule has 0 unspecified atom stereocenters. The van der Waals surface area contributed by atoms with Gasteiger partial charge in [0.1, 0.15) is 0 Å². The van der Waals surface area contributed by atoms with Gasteiger partial charge in [0.25, 0.3) is 0 Å². The molecule has 66 heavy (non-hydrogen) atoms. The molecule has 0 aliphatic heterocycles. The van der Waals surface area contributed by atoms with Crippen molar-refractivity contribution in [1.82, 2.24) is 0 Å². The molecule has 0 nitrogen and oxygen atoms in total. The first-order chi connectivity index (χ1) is 32.4. The number of rotatable bonds is 30. The molecule has 2 aliphatic rings. The number of benzene rings is 5. The first kappa shape index (κ1) is 50.9. The zero-order valence-corrected chi connectivity index (χ0v) is 45.0. The molecular weight excluding hydrogens is 929 g/mol. The number of hydrogen-bond acceptors (Lipinski definition) is 0. The molecule has 0 atom stereocenters. The highest BCUT2D eigenvalue weighted by atomic mass is 79.9. The van der Waals surface area contributed by atoms with E-state index in [4.69, 9.17) is 0 Å². The van der Waals surface area contributed by atoms with Crippen LogP contribution in [0.15, 0.2) is 106 Å². The van der Waals surface area contributed by atoms with Gasteiger partial charge < -0.3 is 0 Å². The summed E-state index contributed by atoms with van der Waals surface area (Å²) in [7, 11) is 0. The van der Waals surface area contributed by atoms with Gasteiger partial charge in [-0.15, -0.1) is 0 Å². The Morgan fingerprint density at radius 2 is 0.530 bits per heavy atom. The SMILES string of the molecule is CCCCCCCCC1(CCCCCCCC)c2cc(-c3ccc(Br)cc3)ccc2-c2cc3c(cc21)-c1ccc(-c2ccc(Br)cc2)cc1C3(CCCCCCCC)CCCCCCCC. The van der Waals surface area contributed by atoms with Gasteiger partial charge >= 0.3 is 0 Å². The Balaban J connectivity index is 1.40. The fraction of sp³-hybridized carbons (Fsp3) is 0.531. The van der Waals surface area contributed by atoms with Crippen molar-refractivity contribution in [3.8, 4) is 44.5 Å². The minimum Gasteiger partial charge on any atom is -0.0654 e. The zero-order valence-electron chi connectivity index (χ0n) is 41.8. The third-order valence-electron chi connectivity index (χ3n) is 16.0. The van der Waals surface area contributed by atoms with E-state index in [1.165, 1.54) is 213 Å². The summed E-state index contributed by atoms with van der Waals surface area (Å²) in [5.41, 5.74) is 18.1. The summed E-state index contributed by atoms with van der Waals surface area (Å²) >= 11 is 7.46. The first-order valence-electron chi connectivity index (χ1n) is 27.4. The molecule has 5 aromatic rings. The van der Waals surface area contributed by atoms with E-state index in [-0.39, 0.29) is 10.8 Å². The third kappa shape index (κ3) is 12.1. The van der Waals surface area contributed by atoms with Gasteiger partial charge in [0.05, 0.1) is 0 Å². The molecule has 0 saturated heterocycles. The van der Waals surface area contributed by atoms with Gasteiger partial charge in [0, 0.05) is 19.8 Å². The van der Waals surface area contributed by atoms with Crippen molar-refractivity contribution >= 4 is 31.9 Å². The maximum atomic E-state index is 3.73. The summed E-state index contributed by atoms with van der Waals surface area (Å²) in [4.78, 5) is 0. The van der Waals surface area contributed by atoms with Crippen molar-refractivity contribution in [1.29, 1.82) is 0 Å². The molecule has 7 rings (SSSR count). The second kappa shape index (κ2) is 25.6. The molecule has 0 heterocycles. The first-order valence-corrected chi connectivity index (χ1v) is 29.0. The van der Waals surface area contributed by atoms with Crippen LogP contribution in [0.25, 0.3) is 44.5 Å². The van der Waals surface area contributed by atoms with Crippen molar-refractivity contribution in [3.63, 3.8) is 0 Å². The van der Waals surface area contributed by atoms with E-state index in [9.17, 15) is 0 Å².